The Morgan fingerprint density at radius 1 is 1.30 bits per heavy atom. The van der Waals surface area contributed by atoms with Gasteiger partial charge in [0.1, 0.15) is 0 Å². The van der Waals surface area contributed by atoms with Crippen molar-refractivity contribution in [3.05, 3.63) is 33.8 Å². The van der Waals surface area contributed by atoms with Crippen molar-refractivity contribution < 1.29 is 9.90 Å². The Labute approximate surface area is 129 Å². The molecule has 5 heteroatoms. The van der Waals surface area contributed by atoms with Crippen LogP contribution < -0.4 is 0 Å². The number of likely N-dealkylation sites (tertiary alicyclic amines) is 1. The standard InChI is InChI=1S/C15H19Cl2NO2/c16-12-6-5-11(14(17)9-12)8-15(20)18-7-3-1-2-4-13(18)10-19/h5-6,9,13,19H,1-4,7-8,10H2. The van der Waals surface area contributed by atoms with Gasteiger partial charge in [0.05, 0.1) is 19.1 Å². The summed E-state index contributed by atoms with van der Waals surface area (Å²) in [6.07, 6.45) is 4.30. The van der Waals surface area contributed by atoms with E-state index in [4.69, 9.17) is 23.2 Å². The first kappa shape index (κ1) is 15.6. The predicted molar refractivity (Wildman–Crippen MR) is 81.2 cm³/mol. The SMILES string of the molecule is O=C(Cc1ccc(Cl)cc1Cl)N1CCCCCC1CO. The molecular weight excluding hydrogens is 297 g/mol. The lowest BCUT2D eigenvalue weighted by atomic mass is 10.1. The monoisotopic (exact) mass is 315 g/mol. The van der Waals surface area contributed by atoms with E-state index in [0.717, 1.165) is 37.8 Å². The van der Waals surface area contributed by atoms with Gasteiger partial charge in [-0.25, -0.2) is 0 Å². The van der Waals surface area contributed by atoms with Gasteiger partial charge in [-0.1, -0.05) is 42.1 Å². The van der Waals surface area contributed by atoms with E-state index in [1.165, 1.54) is 0 Å². The minimum Gasteiger partial charge on any atom is -0.394 e. The van der Waals surface area contributed by atoms with Crippen LogP contribution in [0.4, 0.5) is 0 Å². The third kappa shape index (κ3) is 3.87. The number of aliphatic hydroxyl groups excluding tert-OH is 1. The Morgan fingerprint density at radius 2 is 2.10 bits per heavy atom. The second-order valence-corrected chi connectivity index (χ2v) is 6.03. The summed E-state index contributed by atoms with van der Waals surface area (Å²) in [5, 5.41) is 10.5. The van der Waals surface area contributed by atoms with E-state index in [9.17, 15) is 9.90 Å². The van der Waals surface area contributed by atoms with Crippen LogP contribution in [-0.2, 0) is 11.2 Å². The molecule has 1 N–H and O–H groups in total. The number of aliphatic hydroxyl groups is 1. The smallest absolute Gasteiger partial charge is 0.227 e. The lowest BCUT2D eigenvalue weighted by Gasteiger charge is -2.29. The number of hydrogen-bond donors (Lipinski definition) is 1. The highest BCUT2D eigenvalue weighted by atomic mass is 35.5. The molecular formula is C15H19Cl2NO2. The summed E-state index contributed by atoms with van der Waals surface area (Å²) in [7, 11) is 0. The van der Waals surface area contributed by atoms with Gasteiger partial charge >= 0.3 is 0 Å². The number of carbonyl (C=O) groups excluding carboxylic acids is 1. The highest BCUT2D eigenvalue weighted by Gasteiger charge is 2.25. The van der Waals surface area contributed by atoms with E-state index in [2.05, 4.69) is 0 Å². The zero-order valence-corrected chi connectivity index (χ0v) is 12.8. The van der Waals surface area contributed by atoms with Crippen LogP contribution >= 0.6 is 23.2 Å². The molecule has 20 heavy (non-hydrogen) atoms. The van der Waals surface area contributed by atoms with E-state index < -0.39 is 0 Å². The number of benzene rings is 1. The molecule has 1 atom stereocenters. The first-order valence-corrected chi connectivity index (χ1v) is 7.71. The Hall–Kier alpha value is -0.770. The molecule has 0 bridgehead atoms. The highest BCUT2D eigenvalue weighted by molar-refractivity contribution is 6.35. The maximum absolute atomic E-state index is 12.4. The third-order valence-electron chi connectivity index (χ3n) is 3.77. The first-order valence-electron chi connectivity index (χ1n) is 6.96. The van der Waals surface area contributed by atoms with E-state index >= 15 is 0 Å². The minimum absolute atomic E-state index is 0.0233. The van der Waals surface area contributed by atoms with E-state index in [0.29, 0.717) is 10.0 Å². The van der Waals surface area contributed by atoms with Crippen LogP contribution in [0.15, 0.2) is 18.2 Å². The van der Waals surface area contributed by atoms with Crippen LogP contribution in [-0.4, -0.2) is 35.1 Å². The van der Waals surface area contributed by atoms with Gasteiger partial charge in [0.2, 0.25) is 5.91 Å². The van der Waals surface area contributed by atoms with E-state index in [1.807, 2.05) is 0 Å². The van der Waals surface area contributed by atoms with Crippen LogP contribution in [0.25, 0.3) is 0 Å². The number of rotatable bonds is 3. The van der Waals surface area contributed by atoms with Gasteiger partial charge in [0.25, 0.3) is 0 Å². The van der Waals surface area contributed by atoms with Crippen molar-refractivity contribution in [2.75, 3.05) is 13.2 Å². The summed E-state index contributed by atoms with van der Waals surface area (Å²) in [5.74, 6) is 0.0233. The first-order chi connectivity index (χ1) is 9.61. The normalized spacial score (nSPS) is 19.8. The average Bonchev–Trinajstić information content (AvgIpc) is 2.67. The second-order valence-electron chi connectivity index (χ2n) is 5.19. The van der Waals surface area contributed by atoms with Gasteiger partial charge in [-0.3, -0.25) is 4.79 Å². The van der Waals surface area contributed by atoms with Crippen LogP contribution in [0, 0.1) is 0 Å². The summed E-state index contributed by atoms with van der Waals surface area (Å²) in [6.45, 7) is 0.745. The van der Waals surface area contributed by atoms with Crippen molar-refractivity contribution in [2.24, 2.45) is 0 Å². The van der Waals surface area contributed by atoms with Crippen molar-refractivity contribution in [1.82, 2.24) is 4.90 Å². The fraction of sp³-hybridized carbons (Fsp3) is 0.533. The van der Waals surface area contributed by atoms with E-state index in [1.54, 1.807) is 23.1 Å². The zero-order chi connectivity index (χ0) is 14.5. The van der Waals surface area contributed by atoms with E-state index in [-0.39, 0.29) is 25.0 Å². The minimum atomic E-state index is -0.0592. The molecule has 1 saturated heterocycles. The zero-order valence-electron chi connectivity index (χ0n) is 11.3. The molecule has 1 heterocycles. The molecule has 0 saturated carbocycles. The van der Waals surface area contributed by atoms with Crippen LogP contribution in [0.1, 0.15) is 31.2 Å². The van der Waals surface area contributed by atoms with Crippen molar-refractivity contribution in [1.29, 1.82) is 0 Å². The fourth-order valence-corrected chi connectivity index (χ4v) is 3.10. The number of hydrogen-bond acceptors (Lipinski definition) is 2. The molecule has 1 fully saturated rings. The maximum atomic E-state index is 12.4. The number of carbonyl (C=O) groups is 1. The van der Waals surface area contributed by atoms with Gasteiger partial charge in [0.15, 0.2) is 0 Å². The predicted octanol–water partition coefficient (Wildman–Crippen LogP) is 3.30. The third-order valence-corrected chi connectivity index (χ3v) is 4.35. The largest absolute Gasteiger partial charge is 0.394 e. The van der Waals surface area contributed by atoms with Gasteiger partial charge in [0, 0.05) is 16.6 Å². The maximum Gasteiger partial charge on any atom is 0.227 e. The lowest BCUT2D eigenvalue weighted by molar-refractivity contribution is -0.133. The molecule has 0 radical (unpaired) electrons. The number of halogens is 2. The molecule has 1 aromatic rings. The molecule has 3 nitrogen and oxygen atoms in total. The van der Waals surface area contributed by atoms with Gasteiger partial charge in [-0.15, -0.1) is 0 Å². The van der Waals surface area contributed by atoms with Crippen molar-refractivity contribution in [3.8, 4) is 0 Å². The van der Waals surface area contributed by atoms with Crippen LogP contribution in [0.2, 0.25) is 10.0 Å². The van der Waals surface area contributed by atoms with Gasteiger partial charge in [-0.2, -0.15) is 0 Å². The number of nitrogens with zero attached hydrogens (tertiary/aromatic N) is 1. The Balaban J connectivity index is 2.09. The molecule has 1 aliphatic rings. The lowest BCUT2D eigenvalue weighted by Crippen LogP contribution is -2.42. The van der Waals surface area contributed by atoms with Gasteiger partial charge < -0.3 is 10.0 Å². The summed E-state index contributed by atoms with van der Waals surface area (Å²) in [4.78, 5) is 14.3. The van der Waals surface area contributed by atoms with Crippen LogP contribution in [0.3, 0.4) is 0 Å². The van der Waals surface area contributed by atoms with Crippen molar-refractivity contribution in [3.63, 3.8) is 0 Å². The van der Waals surface area contributed by atoms with Crippen LogP contribution in [0.5, 0.6) is 0 Å². The highest BCUT2D eigenvalue weighted by Crippen LogP contribution is 2.23. The summed E-state index contributed by atoms with van der Waals surface area (Å²) >= 11 is 12.0. The Bertz CT molecular complexity index is 479. The second kappa shape index (κ2) is 7.30. The molecule has 1 aromatic carbocycles. The fourth-order valence-electron chi connectivity index (χ4n) is 2.62. The van der Waals surface area contributed by atoms with Crippen molar-refractivity contribution >= 4 is 29.1 Å². The molecule has 0 spiro atoms. The quantitative estimate of drug-likeness (QED) is 0.929. The summed E-state index contributed by atoms with van der Waals surface area (Å²) in [5.41, 5.74) is 0.780. The Kier molecular flexibility index (Phi) is 5.70. The molecule has 1 unspecified atom stereocenters. The molecule has 1 aliphatic heterocycles. The molecule has 1 amide bonds. The summed E-state index contributed by atoms with van der Waals surface area (Å²) < 4.78 is 0. The van der Waals surface area contributed by atoms with Crippen molar-refractivity contribution in [2.45, 2.75) is 38.1 Å². The van der Waals surface area contributed by atoms with Gasteiger partial charge in [-0.05, 0) is 30.5 Å². The molecule has 0 aromatic heterocycles. The topological polar surface area (TPSA) is 40.5 Å². The average molecular weight is 316 g/mol. The molecule has 0 aliphatic carbocycles. The summed E-state index contributed by atoms with van der Waals surface area (Å²) in [6, 6.07) is 5.12. The molecule has 2 rings (SSSR count). The molecule has 110 valence electrons. The number of amides is 1. The Morgan fingerprint density at radius 3 is 2.80 bits per heavy atom.